The van der Waals surface area contributed by atoms with Crippen LogP contribution < -0.4 is 5.32 Å². The molecule has 1 fully saturated rings. The van der Waals surface area contributed by atoms with Crippen LogP contribution in [0.25, 0.3) is 0 Å². The van der Waals surface area contributed by atoms with Crippen molar-refractivity contribution >= 4 is 23.3 Å². The summed E-state index contributed by atoms with van der Waals surface area (Å²) in [6.45, 7) is 2.43. The van der Waals surface area contributed by atoms with Crippen LogP contribution in [-0.4, -0.2) is 40.7 Å². The molecule has 6 heteroatoms. The van der Waals surface area contributed by atoms with E-state index in [1.54, 1.807) is 24.2 Å². The van der Waals surface area contributed by atoms with Crippen LogP contribution in [0.2, 0.25) is 5.15 Å². The van der Waals surface area contributed by atoms with Gasteiger partial charge in [-0.05, 0) is 31.4 Å². The van der Waals surface area contributed by atoms with Crippen molar-refractivity contribution in [2.75, 3.05) is 18.9 Å². The summed E-state index contributed by atoms with van der Waals surface area (Å²) in [4.78, 5) is 17.7. The first-order valence-electron chi connectivity index (χ1n) is 6.79. The summed E-state index contributed by atoms with van der Waals surface area (Å²) >= 11 is 5.78. The van der Waals surface area contributed by atoms with Gasteiger partial charge in [0.05, 0.1) is 18.0 Å². The molecule has 2 unspecified atom stereocenters. The van der Waals surface area contributed by atoms with Gasteiger partial charge in [0, 0.05) is 19.5 Å². The van der Waals surface area contributed by atoms with Gasteiger partial charge in [-0.3, -0.25) is 0 Å². The molecule has 2 atom stereocenters. The molecule has 1 aromatic heterocycles. The number of rotatable bonds is 3. The van der Waals surface area contributed by atoms with E-state index in [2.05, 4.69) is 10.3 Å². The Hall–Kier alpha value is -1.33. The lowest BCUT2D eigenvalue weighted by Gasteiger charge is -2.23. The van der Waals surface area contributed by atoms with E-state index in [-0.39, 0.29) is 18.1 Å². The van der Waals surface area contributed by atoms with Crippen molar-refractivity contribution in [3.8, 4) is 0 Å². The van der Waals surface area contributed by atoms with Crippen molar-refractivity contribution in [1.29, 1.82) is 0 Å². The molecule has 1 aliphatic carbocycles. The fourth-order valence-corrected chi connectivity index (χ4v) is 2.74. The van der Waals surface area contributed by atoms with Gasteiger partial charge in [0.25, 0.3) is 0 Å². The van der Waals surface area contributed by atoms with Gasteiger partial charge >= 0.3 is 6.03 Å². The van der Waals surface area contributed by atoms with E-state index >= 15 is 0 Å². The van der Waals surface area contributed by atoms with E-state index in [0.29, 0.717) is 17.4 Å². The van der Waals surface area contributed by atoms with Crippen molar-refractivity contribution < 1.29 is 9.90 Å². The Morgan fingerprint density at radius 3 is 2.95 bits per heavy atom. The first-order valence-corrected chi connectivity index (χ1v) is 7.17. The third kappa shape index (κ3) is 3.61. The summed E-state index contributed by atoms with van der Waals surface area (Å²) in [5, 5.41) is 13.0. The fourth-order valence-electron chi connectivity index (χ4n) is 2.53. The number of hydrogen-bond donors (Lipinski definition) is 2. The minimum absolute atomic E-state index is 0.176. The Morgan fingerprint density at radius 2 is 2.35 bits per heavy atom. The number of aliphatic hydroxyl groups is 1. The lowest BCUT2D eigenvalue weighted by molar-refractivity contribution is 0.116. The van der Waals surface area contributed by atoms with E-state index in [9.17, 15) is 9.90 Å². The predicted molar refractivity (Wildman–Crippen MR) is 79.0 cm³/mol. The van der Waals surface area contributed by atoms with Gasteiger partial charge in [0.15, 0.2) is 0 Å². The van der Waals surface area contributed by atoms with Crippen LogP contribution in [0.3, 0.4) is 0 Å². The Balaban J connectivity index is 1.93. The number of halogens is 1. The zero-order valence-electron chi connectivity index (χ0n) is 11.8. The quantitative estimate of drug-likeness (QED) is 0.843. The van der Waals surface area contributed by atoms with Crippen LogP contribution >= 0.6 is 11.6 Å². The normalized spacial score (nSPS) is 21.8. The van der Waals surface area contributed by atoms with E-state index in [1.165, 1.54) is 0 Å². The van der Waals surface area contributed by atoms with Gasteiger partial charge in [0.2, 0.25) is 0 Å². The van der Waals surface area contributed by atoms with E-state index in [0.717, 1.165) is 24.8 Å². The van der Waals surface area contributed by atoms with Gasteiger partial charge in [-0.25, -0.2) is 9.78 Å². The number of anilines is 1. The monoisotopic (exact) mass is 297 g/mol. The van der Waals surface area contributed by atoms with Crippen molar-refractivity contribution in [2.24, 2.45) is 5.92 Å². The topological polar surface area (TPSA) is 65.5 Å². The average Bonchev–Trinajstić information content (AvgIpc) is 2.78. The van der Waals surface area contributed by atoms with Crippen LogP contribution in [0.5, 0.6) is 0 Å². The molecular formula is C14H20ClN3O2. The molecule has 0 aromatic carbocycles. The molecule has 110 valence electrons. The van der Waals surface area contributed by atoms with Gasteiger partial charge in [-0.2, -0.15) is 0 Å². The molecule has 1 aromatic rings. The van der Waals surface area contributed by atoms with Crippen molar-refractivity contribution in [1.82, 2.24) is 9.88 Å². The molecule has 1 heterocycles. The first kappa shape index (κ1) is 15.1. The second-order valence-corrected chi connectivity index (χ2v) is 5.78. The largest absolute Gasteiger partial charge is 0.393 e. The maximum absolute atomic E-state index is 12.1. The molecule has 2 rings (SSSR count). The van der Waals surface area contributed by atoms with Crippen molar-refractivity contribution in [3.63, 3.8) is 0 Å². The minimum atomic E-state index is -0.288. The summed E-state index contributed by atoms with van der Waals surface area (Å²) in [5.74, 6) is 0.176. The second kappa shape index (κ2) is 6.41. The van der Waals surface area contributed by atoms with Crippen LogP contribution in [0.1, 0.15) is 24.8 Å². The number of nitrogens with zero attached hydrogens (tertiary/aromatic N) is 2. The highest BCUT2D eigenvalue weighted by Crippen LogP contribution is 2.26. The van der Waals surface area contributed by atoms with Crippen molar-refractivity contribution in [3.05, 3.63) is 23.0 Å². The summed E-state index contributed by atoms with van der Waals surface area (Å²) in [7, 11) is 1.74. The number of urea groups is 1. The van der Waals surface area contributed by atoms with Gasteiger partial charge < -0.3 is 15.3 Å². The Kier molecular flexibility index (Phi) is 4.83. The Bertz CT molecular complexity index is 495. The molecule has 1 saturated carbocycles. The standard InChI is InChI=1S/C14H20ClN3O2/c1-9-6-13(15)16-7-11(9)17-14(20)18(2)8-10-4-3-5-12(10)19/h6-7,10,12,19H,3-5,8H2,1-2H3,(H,17,20). The van der Waals surface area contributed by atoms with Crippen LogP contribution in [0.15, 0.2) is 12.3 Å². The number of aromatic nitrogens is 1. The third-order valence-electron chi connectivity index (χ3n) is 3.79. The van der Waals surface area contributed by atoms with E-state index in [4.69, 9.17) is 11.6 Å². The molecule has 20 heavy (non-hydrogen) atoms. The molecule has 0 aliphatic heterocycles. The number of hydrogen-bond acceptors (Lipinski definition) is 3. The van der Waals surface area contributed by atoms with Crippen LogP contribution in [0, 0.1) is 12.8 Å². The molecule has 2 N–H and O–H groups in total. The predicted octanol–water partition coefficient (Wildman–Crippen LogP) is 2.67. The zero-order valence-corrected chi connectivity index (χ0v) is 12.5. The number of pyridine rings is 1. The van der Waals surface area contributed by atoms with E-state index in [1.807, 2.05) is 6.92 Å². The molecule has 1 aliphatic rings. The molecule has 0 bridgehead atoms. The number of aliphatic hydroxyl groups excluding tert-OH is 1. The summed E-state index contributed by atoms with van der Waals surface area (Å²) in [6, 6.07) is 1.51. The zero-order chi connectivity index (χ0) is 14.7. The number of carbonyl (C=O) groups is 1. The highest BCUT2D eigenvalue weighted by Gasteiger charge is 2.27. The fraction of sp³-hybridized carbons (Fsp3) is 0.571. The maximum Gasteiger partial charge on any atom is 0.321 e. The van der Waals surface area contributed by atoms with Crippen LogP contribution in [-0.2, 0) is 0 Å². The third-order valence-corrected chi connectivity index (χ3v) is 4.00. The minimum Gasteiger partial charge on any atom is -0.393 e. The number of aryl methyl sites for hydroxylation is 1. The Labute approximate surface area is 123 Å². The molecular weight excluding hydrogens is 278 g/mol. The smallest absolute Gasteiger partial charge is 0.321 e. The molecule has 2 amide bonds. The van der Waals surface area contributed by atoms with Crippen LogP contribution in [0.4, 0.5) is 10.5 Å². The SMILES string of the molecule is Cc1cc(Cl)ncc1NC(=O)N(C)CC1CCCC1O. The number of amides is 2. The molecule has 0 spiro atoms. The average molecular weight is 298 g/mol. The first-order chi connectivity index (χ1) is 9.47. The lowest BCUT2D eigenvalue weighted by atomic mass is 10.1. The van der Waals surface area contributed by atoms with Gasteiger partial charge in [-0.1, -0.05) is 18.0 Å². The summed E-state index contributed by atoms with van der Waals surface area (Å²) in [6.07, 6.45) is 4.10. The molecule has 0 saturated heterocycles. The summed E-state index contributed by atoms with van der Waals surface area (Å²) in [5.41, 5.74) is 1.52. The lowest BCUT2D eigenvalue weighted by Crippen LogP contribution is -2.37. The highest BCUT2D eigenvalue weighted by atomic mass is 35.5. The second-order valence-electron chi connectivity index (χ2n) is 5.39. The Morgan fingerprint density at radius 1 is 1.60 bits per heavy atom. The van der Waals surface area contributed by atoms with Crippen molar-refractivity contribution in [2.45, 2.75) is 32.3 Å². The summed E-state index contributed by atoms with van der Waals surface area (Å²) < 4.78 is 0. The van der Waals surface area contributed by atoms with Gasteiger partial charge in [0.1, 0.15) is 5.15 Å². The van der Waals surface area contributed by atoms with Gasteiger partial charge in [-0.15, -0.1) is 0 Å². The number of carbonyl (C=O) groups excluding carboxylic acids is 1. The number of nitrogens with one attached hydrogen (secondary N) is 1. The molecule has 5 nitrogen and oxygen atoms in total. The van der Waals surface area contributed by atoms with E-state index < -0.39 is 0 Å². The maximum atomic E-state index is 12.1. The molecule has 0 radical (unpaired) electrons. The highest BCUT2D eigenvalue weighted by molar-refractivity contribution is 6.29.